The molecule has 0 bridgehead atoms. The van der Waals surface area contributed by atoms with Crippen LogP contribution in [-0.4, -0.2) is 33.3 Å². The van der Waals surface area contributed by atoms with Gasteiger partial charge in [-0.15, -0.1) is 0 Å². The van der Waals surface area contributed by atoms with E-state index in [1.165, 1.54) is 19.5 Å². The van der Waals surface area contributed by atoms with E-state index in [9.17, 15) is 15.2 Å². The van der Waals surface area contributed by atoms with Crippen LogP contribution in [0.2, 0.25) is 0 Å². The van der Waals surface area contributed by atoms with E-state index in [-0.39, 0.29) is 12.4 Å². The van der Waals surface area contributed by atoms with Gasteiger partial charge in [0.05, 0.1) is 6.61 Å². The molecule has 0 aliphatic heterocycles. The number of aromatic nitrogens is 2. The van der Waals surface area contributed by atoms with Gasteiger partial charge in [0.1, 0.15) is 12.4 Å². The molecule has 14 heavy (non-hydrogen) atoms. The summed E-state index contributed by atoms with van der Waals surface area (Å²) in [7, 11) is 1.50. The second-order valence-electron chi connectivity index (χ2n) is 2.65. The average Bonchev–Trinajstić information content (AvgIpc) is 2.62. The molecular formula is C7H11N3O4. The molecule has 7 nitrogen and oxygen atoms in total. The molecule has 0 aromatic carbocycles. The van der Waals surface area contributed by atoms with E-state index in [0.717, 1.165) is 4.57 Å². The standard InChI is InChI=1S/C7H11N3O4/c1-14-5-2-6(11)9-4-3-8-7(9)10(12)13/h3-4,6,11H,2,5H2,1H3. The first kappa shape index (κ1) is 10.6. The number of hydrogen-bond donors (Lipinski definition) is 1. The summed E-state index contributed by atoms with van der Waals surface area (Å²) in [5.41, 5.74) is 0. The van der Waals surface area contributed by atoms with Gasteiger partial charge in [0.2, 0.25) is 0 Å². The molecule has 0 amide bonds. The van der Waals surface area contributed by atoms with Gasteiger partial charge in [0.25, 0.3) is 0 Å². The molecule has 0 spiro atoms. The summed E-state index contributed by atoms with van der Waals surface area (Å²) in [5, 5.41) is 19.9. The molecule has 1 aromatic heterocycles. The molecule has 7 heteroatoms. The van der Waals surface area contributed by atoms with Crippen molar-refractivity contribution in [2.45, 2.75) is 12.6 Å². The molecule has 0 saturated heterocycles. The minimum Gasteiger partial charge on any atom is -0.390 e. The van der Waals surface area contributed by atoms with Crippen molar-refractivity contribution in [1.82, 2.24) is 9.55 Å². The molecule has 1 N–H and O–H groups in total. The van der Waals surface area contributed by atoms with Crippen molar-refractivity contribution in [3.05, 3.63) is 22.5 Å². The predicted octanol–water partition coefficient (Wildman–Crippen LogP) is 0.319. The van der Waals surface area contributed by atoms with Crippen LogP contribution in [0.15, 0.2) is 12.4 Å². The van der Waals surface area contributed by atoms with Crippen molar-refractivity contribution >= 4 is 5.95 Å². The van der Waals surface area contributed by atoms with Gasteiger partial charge in [-0.1, -0.05) is 4.98 Å². The molecule has 1 rings (SSSR count). The monoisotopic (exact) mass is 201 g/mol. The van der Waals surface area contributed by atoms with E-state index >= 15 is 0 Å². The summed E-state index contributed by atoms with van der Waals surface area (Å²) in [6, 6.07) is 0. The Morgan fingerprint density at radius 3 is 3.14 bits per heavy atom. The fourth-order valence-corrected chi connectivity index (χ4v) is 1.04. The van der Waals surface area contributed by atoms with Gasteiger partial charge in [-0.05, 0) is 4.92 Å². The lowest BCUT2D eigenvalue weighted by atomic mass is 10.4. The van der Waals surface area contributed by atoms with E-state index in [2.05, 4.69) is 4.98 Å². The lowest BCUT2D eigenvalue weighted by Gasteiger charge is -2.08. The Balaban J connectivity index is 2.73. The third-order valence-electron chi connectivity index (χ3n) is 1.71. The van der Waals surface area contributed by atoms with E-state index in [4.69, 9.17) is 4.74 Å². The van der Waals surface area contributed by atoms with Gasteiger partial charge in [-0.3, -0.25) is 0 Å². The first-order valence-corrected chi connectivity index (χ1v) is 4.01. The highest BCUT2D eigenvalue weighted by molar-refractivity contribution is 5.07. The number of hydrogen-bond acceptors (Lipinski definition) is 5. The Labute approximate surface area is 80.1 Å². The van der Waals surface area contributed by atoms with Crippen molar-refractivity contribution in [3.63, 3.8) is 0 Å². The second-order valence-corrected chi connectivity index (χ2v) is 2.65. The van der Waals surface area contributed by atoms with E-state index in [0.29, 0.717) is 6.61 Å². The van der Waals surface area contributed by atoms with Gasteiger partial charge < -0.3 is 20.0 Å². The molecule has 1 atom stereocenters. The maximum absolute atomic E-state index is 10.4. The van der Waals surface area contributed by atoms with Crippen LogP contribution in [0, 0.1) is 10.1 Å². The number of aliphatic hydroxyl groups is 1. The van der Waals surface area contributed by atoms with Gasteiger partial charge in [-0.2, -0.15) is 0 Å². The highest BCUT2D eigenvalue weighted by Crippen LogP contribution is 2.15. The number of rotatable bonds is 5. The zero-order chi connectivity index (χ0) is 10.6. The maximum atomic E-state index is 10.4. The van der Waals surface area contributed by atoms with Crippen LogP contribution < -0.4 is 0 Å². The zero-order valence-electron chi connectivity index (χ0n) is 7.66. The van der Waals surface area contributed by atoms with Crippen LogP contribution in [0.1, 0.15) is 12.6 Å². The lowest BCUT2D eigenvalue weighted by Crippen LogP contribution is -2.12. The highest BCUT2D eigenvalue weighted by atomic mass is 16.6. The highest BCUT2D eigenvalue weighted by Gasteiger charge is 2.20. The quantitative estimate of drug-likeness (QED) is 0.547. The van der Waals surface area contributed by atoms with Crippen LogP contribution in [0.25, 0.3) is 0 Å². The summed E-state index contributed by atoms with van der Waals surface area (Å²) in [6.07, 6.45) is 1.94. The van der Waals surface area contributed by atoms with Crippen LogP contribution >= 0.6 is 0 Å². The Bertz CT molecular complexity index is 312. The minimum absolute atomic E-state index is 0.285. The van der Waals surface area contributed by atoms with Gasteiger partial charge in [-0.25, -0.2) is 4.57 Å². The average molecular weight is 201 g/mol. The predicted molar refractivity (Wildman–Crippen MR) is 46.6 cm³/mol. The van der Waals surface area contributed by atoms with Crippen molar-refractivity contribution < 1.29 is 14.8 Å². The SMILES string of the molecule is COCCC(O)n1ccnc1[N+](=O)[O-]. The smallest absolute Gasteiger partial charge is 0.390 e. The minimum atomic E-state index is -0.974. The molecule has 0 aliphatic rings. The van der Waals surface area contributed by atoms with Crippen molar-refractivity contribution in [2.75, 3.05) is 13.7 Å². The molecule has 0 radical (unpaired) electrons. The molecule has 0 saturated carbocycles. The summed E-state index contributed by atoms with van der Waals surface area (Å²) >= 11 is 0. The van der Waals surface area contributed by atoms with Crippen LogP contribution in [0.4, 0.5) is 5.95 Å². The lowest BCUT2D eigenvalue weighted by molar-refractivity contribution is -0.398. The third kappa shape index (κ3) is 2.27. The van der Waals surface area contributed by atoms with Gasteiger partial charge in [0.15, 0.2) is 6.23 Å². The van der Waals surface area contributed by atoms with Crippen molar-refractivity contribution in [3.8, 4) is 0 Å². The van der Waals surface area contributed by atoms with E-state index in [1.54, 1.807) is 0 Å². The zero-order valence-corrected chi connectivity index (χ0v) is 7.66. The molecule has 1 unspecified atom stereocenters. The topological polar surface area (TPSA) is 90.4 Å². The molecule has 1 heterocycles. The number of nitro groups is 1. The Kier molecular flexibility index (Phi) is 3.55. The van der Waals surface area contributed by atoms with Crippen LogP contribution in [0.3, 0.4) is 0 Å². The van der Waals surface area contributed by atoms with Gasteiger partial charge in [0, 0.05) is 13.5 Å². The summed E-state index contributed by atoms with van der Waals surface area (Å²) in [5.74, 6) is -0.367. The Morgan fingerprint density at radius 2 is 2.57 bits per heavy atom. The number of ether oxygens (including phenoxy) is 1. The first-order chi connectivity index (χ1) is 6.66. The van der Waals surface area contributed by atoms with Crippen LogP contribution in [-0.2, 0) is 4.74 Å². The summed E-state index contributed by atoms with van der Waals surface area (Å²) in [6.45, 7) is 0.330. The molecular weight excluding hydrogens is 190 g/mol. The molecule has 0 fully saturated rings. The molecule has 78 valence electrons. The number of nitrogens with zero attached hydrogens (tertiary/aromatic N) is 3. The fraction of sp³-hybridized carbons (Fsp3) is 0.571. The largest absolute Gasteiger partial charge is 0.436 e. The number of aliphatic hydroxyl groups excluding tert-OH is 1. The second kappa shape index (κ2) is 4.68. The maximum Gasteiger partial charge on any atom is 0.436 e. The number of methoxy groups -OCH3 is 1. The Hall–Kier alpha value is -1.47. The van der Waals surface area contributed by atoms with E-state index in [1.807, 2.05) is 0 Å². The van der Waals surface area contributed by atoms with Crippen molar-refractivity contribution in [2.24, 2.45) is 0 Å². The normalized spacial score (nSPS) is 12.7. The number of imidazole rings is 1. The summed E-state index contributed by atoms with van der Waals surface area (Å²) < 4.78 is 5.84. The van der Waals surface area contributed by atoms with Crippen LogP contribution in [0.5, 0.6) is 0 Å². The first-order valence-electron chi connectivity index (χ1n) is 4.01. The van der Waals surface area contributed by atoms with E-state index < -0.39 is 11.2 Å². The van der Waals surface area contributed by atoms with Gasteiger partial charge >= 0.3 is 5.95 Å². The fourth-order valence-electron chi connectivity index (χ4n) is 1.04. The Morgan fingerprint density at radius 1 is 1.86 bits per heavy atom. The molecule has 0 aliphatic carbocycles. The third-order valence-corrected chi connectivity index (χ3v) is 1.71. The summed E-state index contributed by atoms with van der Waals surface area (Å²) in [4.78, 5) is 13.3. The van der Waals surface area contributed by atoms with Crippen molar-refractivity contribution in [1.29, 1.82) is 0 Å². The molecule has 1 aromatic rings.